The standard InChI is InChI=1S/C13H29NO4/c1-4-5-6-16-7-8-17-11-13(15)9-14-18-10-12(2)3/h12-15H,4-11H2,1-3H3. The number of ether oxygens (including phenoxy) is 2. The Labute approximate surface area is 111 Å². The molecule has 0 aliphatic heterocycles. The first kappa shape index (κ1) is 17.8. The topological polar surface area (TPSA) is 60.0 Å². The predicted octanol–water partition coefficient (Wildman–Crippen LogP) is 1.36. The van der Waals surface area contributed by atoms with Crippen molar-refractivity contribution in [1.82, 2.24) is 5.48 Å². The minimum Gasteiger partial charge on any atom is -0.389 e. The maximum Gasteiger partial charge on any atom is 0.0920 e. The molecule has 0 bridgehead atoms. The van der Waals surface area contributed by atoms with E-state index in [0.29, 0.717) is 38.9 Å². The minimum atomic E-state index is -0.548. The van der Waals surface area contributed by atoms with Crippen LogP contribution in [0.4, 0.5) is 0 Å². The van der Waals surface area contributed by atoms with Gasteiger partial charge in [0, 0.05) is 13.2 Å². The highest BCUT2D eigenvalue weighted by atomic mass is 16.6. The summed E-state index contributed by atoms with van der Waals surface area (Å²) < 4.78 is 10.6. The highest BCUT2D eigenvalue weighted by molar-refractivity contribution is 4.53. The summed E-state index contributed by atoms with van der Waals surface area (Å²) in [5.41, 5.74) is 2.72. The molecule has 0 amide bonds. The van der Waals surface area contributed by atoms with Crippen LogP contribution in [0.5, 0.6) is 0 Å². The second kappa shape index (κ2) is 13.2. The van der Waals surface area contributed by atoms with Crippen molar-refractivity contribution in [1.29, 1.82) is 0 Å². The van der Waals surface area contributed by atoms with Gasteiger partial charge in [-0.25, -0.2) is 0 Å². The van der Waals surface area contributed by atoms with Gasteiger partial charge in [-0.3, -0.25) is 0 Å². The molecule has 0 fully saturated rings. The molecule has 0 spiro atoms. The molecule has 0 aromatic heterocycles. The SMILES string of the molecule is CCCCOCCOCC(O)CNOCC(C)C. The van der Waals surface area contributed by atoms with E-state index in [1.165, 1.54) is 0 Å². The second-order valence-electron chi connectivity index (χ2n) is 4.75. The maximum atomic E-state index is 9.55. The van der Waals surface area contributed by atoms with Crippen molar-refractivity contribution < 1.29 is 19.4 Å². The Bertz CT molecular complexity index is 167. The fourth-order valence-electron chi connectivity index (χ4n) is 1.13. The van der Waals surface area contributed by atoms with Crippen LogP contribution in [0, 0.1) is 5.92 Å². The summed E-state index contributed by atoms with van der Waals surface area (Å²) in [4.78, 5) is 5.15. The fraction of sp³-hybridized carbons (Fsp3) is 1.00. The lowest BCUT2D eigenvalue weighted by Gasteiger charge is -2.13. The van der Waals surface area contributed by atoms with Crippen molar-refractivity contribution in [2.45, 2.75) is 39.7 Å². The van der Waals surface area contributed by atoms with E-state index in [4.69, 9.17) is 14.3 Å². The van der Waals surface area contributed by atoms with E-state index in [1.54, 1.807) is 0 Å². The Balaban J connectivity index is 3.14. The van der Waals surface area contributed by atoms with E-state index < -0.39 is 6.10 Å². The Kier molecular flexibility index (Phi) is 13.1. The van der Waals surface area contributed by atoms with Gasteiger partial charge in [-0.05, 0) is 12.3 Å². The first-order valence-corrected chi connectivity index (χ1v) is 6.85. The number of rotatable bonds is 13. The van der Waals surface area contributed by atoms with E-state index in [2.05, 4.69) is 26.3 Å². The zero-order chi connectivity index (χ0) is 13.6. The molecule has 1 unspecified atom stereocenters. The first-order chi connectivity index (χ1) is 8.66. The molecule has 0 saturated carbocycles. The Morgan fingerprint density at radius 1 is 1.06 bits per heavy atom. The third-order valence-electron chi connectivity index (χ3n) is 2.16. The number of nitrogens with one attached hydrogen (secondary N) is 1. The zero-order valence-corrected chi connectivity index (χ0v) is 12.0. The van der Waals surface area contributed by atoms with Crippen LogP contribution in [0.25, 0.3) is 0 Å². The lowest BCUT2D eigenvalue weighted by atomic mass is 10.2. The number of unbranched alkanes of at least 4 members (excludes halogenated alkanes) is 1. The van der Waals surface area contributed by atoms with Crippen molar-refractivity contribution in [3.8, 4) is 0 Å². The van der Waals surface area contributed by atoms with Gasteiger partial charge in [-0.2, -0.15) is 5.48 Å². The molecule has 0 aromatic rings. The summed E-state index contributed by atoms with van der Waals surface area (Å²) in [6.45, 7) is 9.48. The normalized spacial score (nSPS) is 13.2. The molecule has 18 heavy (non-hydrogen) atoms. The van der Waals surface area contributed by atoms with E-state index in [9.17, 15) is 5.11 Å². The van der Waals surface area contributed by atoms with Crippen molar-refractivity contribution in [3.63, 3.8) is 0 Å². The number of hydroxylamine groups is 1. The van der Waals surface area contributed by atoms with E-state index in [1.807, 2.05) is 0 Å². The highest BCUT2D eigenvalue weighted by Crippen LogP contribution is 1.91. The molecule has 110 valence electrons. The summed E-state index contributed by atoms with van der Waals surface area (Å²) in [5.74, 6) is 0.478. The molecule has 2 N–H and O–H groups in total. The Morgan fingerprint density at radius 3 is 2.44 bits per heavy atom. The molecule has 0 radical (unpaired) electrons. The van der Waals surface area contributed by atoms with Gasteiger partial charge in [0.1, 0.15) is 0 Å². The summed E-state index contributed by atoms with van der Waals surface area (Å²) >= 11 is 0. The summed E-state index contributed by atoms with van der Waals surface area (Å²) in [6.07, 6.45) is 1.68. The van der Waals surface area contributed by atoms with Crippen molar-refractivity contribution >= 4 is 0 Å². The molecular formula is C13H29NO4. The highest BCUT2D eigenvalue weighted by Gasteiger charge is 2.04. The Morgan fingerprint density at radius 2 is 1.78 bits per heavy atom. The number of aliphatic hydroxyl groups is 1. The van der Waals surface area contributed by atoms with Gasteiger partial charge in [0.25, 0.3) is 0 Å². The Hall–Kier alpha value is -0.200. The lowest BCUT2D eigenvalue weighted by Crippen LogP contribution is -2.31. The molecule has 0 aromatic carbocycles. The van der Waals surface area contributed by atoms with Crippen molar-refractivity contribution in [2.75, 3.05) is 39.6 Å². The van der Waals surface area contributed by atoms with Crippen LogP contribution in [0.3, 0.4) is 0 Å². The summed E-state index contributed by atoms with van der Waals surface area (Å²) in [5, 5.41) is 9.55. The summed E-state index contributed by atoms with van der Waals surface area (Å²) in [6, 6.07) is 0. The largest absolute Gasteiger partial charge is 0.389 e. The van der Waals surface area contributed by atoms with Crippen molar-refractivity contribution in [2.24, 2.45) is 5.92 Å². The van der Waals surface area contributed by atoms with E-state index >= 15 is 0 Å². The number of hydrogen-bond acceptors (Lipinski definition) is 5. The predicted molar refractivity (Wildman–Crippen MR) is 71.3 cm³/mol. The molecule has 0 aliphatic carbocycles. The molecule has 5 nitrogen and oxygen atoms in total. The monoisotopic (exact) mass is 263 g/mol. The van der Waals surface area contributed by atoms with Gasteiger partial charge in [-0.1, -0.05) is 27.2 Å². The molecular weight excluding hydrogens is 234 g/mol. The summed E-state index contributed by atoms with van der Waals surface area (Å²) in [7, 11) is 0. The average molecular weight is 263 g/mol. The fourth-order valence-corrected chi connectivity index (χ4v) is 1.13. The lowest BCUT2D eigenvalue weighted by molar-refractivity contribution is -0.0312. The third kappa shape index (κ3) is 13.9. The zero-order valence-electron chi connectivity index (χ0n) is 12.0. The molecule has 5 heteroatoms. The van der Waals surface area contributed by atoms with Crippen LogP contribution in [0.2, 0.25) is 0 Å². The van der Waals surface area contributed by atoms with Crippen LogP contribution < -0.4 is 5.48 Å². The van der Waals surface area contributed by atoms with Gasteiger partial charge in [0.15, 0.2) is 0 Å². The van der Waals surface area contributed by atoms with E-state index in [0.717, 1.165) is 19.4 Å². The van der Waals surface area contributed by atoms with Gasteiger partial charge < -0.3 is 19.4 Å². The molecule has 0 heterocycles. The number of aliphatic hydroxyl groups excluding tert-OH is 1. The van der Waals surface area contributed by atoms with Gasteiger partial charge in [0.05, 0.1) is 32.5 Å². The van der Waals surface area contributed by atoms with Crippen LogP contribution >= 0.6 is 0 Å². The molecule has 0 aliphatic rings. The van der Waals surface area contributed by atoms with Gasteiger partial charge in [0.2, 0.25) is 0 Å². The number of hydrogen-bond donors (Lipinski definition) is 2. The molecule has 0 saturated heterocycles. The van der Waals surface area contributed by atoms with Crippen LogP contribution in [-0.4, -0.2) is 50.8 Å². The minimum absolute atomic E-state index is 0.301. The average Bonchev–Trinajstić information content (AvgIpc) is 2.33. The third-order valence-corrected chi connectivity index (χ3v) is 2.16. The van der Waals surface area contributed by atoms with Crippen molar-refractivity contribution in [3.05, 3.63) is 0 Å². The molecule has 1 atom stereocenters. The second-order valence-corrected chi connectivity index (χ2v) is 4.75. The van der Waals surface area contributed by atoms with E-state index in [-0.39, 0.29) is 0 Å². The quantitative estimate of drug-likeness (QED) is 0.388. The van der Waals surface area contributed by atoms with Crippen LogP contribution in [0.15, 0.2) is 0 Å². The van der Waals surface area contributed by atoms with Crippen LogP contribution in [-0.2, 0) is 14.3 Å². The molecule has 0 rings (SSSR count). The van der Waals surface area contributed by atoms with Gasteiger partial charge >= 0.3 is 0 Å². The van der Waals surface area contributed by atoms with Crippen LogP contribution in [0.1, 0.15) is 33.6 Å². The van der Waals surface area contributed by atoms with Gasteiger partial charge in [-0.15, -0.1) is 0 Å². The maximum absolute atomic E-state index is 9.55. The first-order valence-electron chi connectivity index (χ1n) is 6.85. The smallest absolute Gasteiger partial charge is 0.0920 e.